The summed E-state index contributed by atoms with van der Waals surface area (Å²) in [5.74, 6) is 0.659. The number of para-hydroxylation sites is 2. The molecule has 1 aliphatic heterocycles. The van der Waals surface area contributed by atoms with Gasteiger partial charge in [-0.25, -0.2) is 4.98 Å². The van der Waals surface area contributed by atoms with Gasteiger partial charge in [-0.3, -0.25) is 4.90 Å². The van der Waals surface area contributed by atoms with E-state index in [2.05, 4.69) is 4.98 Å². The molecule has 23 heavy (non-hydrogen) atoms. The Hall–Kier alpha value is -1.47. The van der Waals surface area contributed by atoms with Crippen LogP contribution in [0, 0.1) is 0 Å². The molecule has 1 aromatic carbocycles. The van der Waals surface area contributed by atoms with Crippen LogP contribution in [0.3, 0.4) is 0 Å². The Kier molecular flexibility index (Phi) is 5.61. The molecule has 0 radical (unpaired) electrons. The number of nitrogens with zero attached hydrogens (tertiary/aromatic N) is 2. The smallest absolute Gasteiger partial charge is 0.209 e. The first kappa shape index (κ1) is 16.4. The van der Waals surface area contributed by atoms with E-state index in [1.165, 1.54) is 0 Å². The molecule has 6 nitrogen and oxygen atoms in total. The van der Waals surface area contributed by atoms with E-state index in [-0.39, 0.29) is 6.10 Å². The van der Waals surface area contributed by atoms with Crippen LogP contribution in [0.4, 0.5) is 0 Å². The highest BCUT2D eigenvalue weighted by Gasteiger charge is 2.17. The number of aliphatic hydroxyl groups is 1. The molecule has 0 spiro atoms. The van der Waals surface area contributed by atoms with Crippen LogP contribution < -0.4 is 0 Å². The van der Waals surface area contributed by atoms with Gasteiger partial charge >= 0.3 is 0 Å². The first-order valence-corrected chi connectivity index (χ1v) is 8.11. The average Bonchev–Trinajstić information content (AvgIpc) is 2.96. The normalized spacial score (nSPS) is 17.9. The van der Waals surface area contributed by atoms with E-state index in [0.29, 0.717) is 25.6 Å². The molecule has 126 valence electrons. The molecule has 0 aliphatic carbocycles. The van der Waals surface area contributed by atoms with Crippen molar-refractivity contribution in [3.63, 3.8) is 0 Å². The van der Waals surface area contributed by atoms with Crippen molar-refractivity contribution < 1.29 is 19.0 Å². The van der Waals surface area contributed by atoms with Gasteiger partial charge in [0.1, 0.15) is 5.52 Å². The number of fused-ring (bicyclic) bond motifs is 1. The molecule has 6 heteroatoms. The number of ether oxygens (including phenoxy) is 2. The first-order chi connectivity index (χ1) is 11.2. The highest BCUT2D eigenvalue weighted by atomic mass is 16.5. The first-order valence-electron chi connectivity index (χ1n) is 8.11. The minimum Gasteiger partial charge on any atom is -0.439 e. The summed E-state index contributed by atoms with van der Waals surface area (Å²) >= 11 is 0. The van der Waals surface area contributed by atoms with E-state index in [9.17, 15) is 5.11 Å². The maximum atomic E-state index is 10.1. The predicted octanol–water partition coefficient (Wildman–Crippen LogP) is 1.82. The van der Waals surface area contributed by atoms with Crippen molar-refractivity contribution in [1.29, 1.82) is 0 Å². The summed E-state index contributed by atoms with van der Waals surface area (Å²) in [7, 11) is 1.94. The van der Waals surface area contributed by atoms with E-state index in [4.69, 9.17) is 13.9 Å². The molecule has 2 aromatic rings. The van der Waals surface area contributed by atoms with Crippen LogP contribution in [0.5, 0.6) is 0 Å². The van der Waals surface area contributed by atoms with Gasteiger partial charge in [0.05, 0.1) is 25.4 Å². The maximum absolute atomic E-state index is 10.1. The van der Waals surface area contributed by atoms with Crippen molar-refractivity contribution >= 4 is 11.1 Å². The molecule has 0 bridgehead atoms. The van der Waals surface area contributed by atoms with Crippen LogP contribution >= 0.6 is 0 Å². The Morgan fingerprint density at radius 2 is 2.13 bits per heavy atom. The molecule has 1 aromatic heterocycles. The van der Waals surface area contributed by atoms with E-state index in [0.717, 1.165) is 37.2 Å². The molecule has 1 fully saturated rings. The lowest BCUT2D eigenvalue weighted by molar-refractivity contribution is -0.0636. The van der Waals surface area contributed by atoms with Crippen LogP contribution in [0.15, 0.2) is 28.7 Å². The minimum absolute atomic E-state index is 0.209. The van der Waals surface area contributed by atoms with E-state index in [1.807, 2.05) is 36.2 Å². The third-order valence-electron chi connectivity index (χ3n) is 3.96. The summed E-state index contributed by atoms with van der Waals surface area (Å²) in [6.07, 6.45) is 1.50. The number of benzene rings is 1. The molecule has 0 amide bonds. The van der Waals surface area contributed by atoms with Crippen LogP contribution in [0.25, 0.3) is 11.1 Å². The Balaban J connectivity index is 1.43. The lowest BCUT2D eigenvalue weighted by atomic mass is 10.1. The zero-order chi connectivity index (χ0) is 16.1. The van der Waals surface area contributed by atoms with Crippen molar-refractivity contribution in [2.45, 2.75) is 31.6 Å². The second kappa shape index (κ2) is 7.88. The monoisotopic (exact) mass is 320 g/mol. The second-order valence-corrected chi connectivity index (χ2v) is 6.07. The summed E-state index contributed by atoms with van der Waals surface area (Å²) < 4.78 is 16.7. The molecule has 0 saturated carbocycles. The van der Waals surface area contributed by atoms with Gasteiger partial charge in [0, 0.05) is 19.8 Å². The summed E-state index contributed by atoms with van der Waals surface area (Å²) in [6, 6.07) is 7.70. The zero-order valence-electron chi connectivity index (χ0n) is 13.5. The van der Waals surface area contributed by atoms with Crippen molar-refractivity contribution in [1.82, 2.24) is 9.88 Å². The third kappa shape index (κ3) is 4.75. The highest BCUT2D eigenvalue weighted by Crippen LogP contribution is 2.16. The summed E-state index contributed by atoms with van der Waals surface area (Å²) in [5.41, 5.74) is 1.65. The van der Waals surface area contributed by atoms with Gasteiger partial charge in [-0.05, 0) is 32.0 Å². The molecule has 2 heterocycles. The van der Waals surface area contributed by atoms with Gasteiger partial charge in [-0.2, -0.15) is 0 Å². The van der Waals surface area contributed by atoms with Crippen molar-refractivity contribution in [3.8, 4) is 0 Å². The number of aliphatic hydroxyl groups excluding tert-OH is 1. The predicted molar refractivity (Wildman–Crippen MR) is 86.1 cm³/mol. The summed E-state index contributed by atoms with van der Waals surface area (Å²) in [6.45, 7) is 2.92. The molecule has 1 unspecified atom stereocenters. The number of hydrogen-bond donors (Lipinski definition) is 1. The molecule has 1 aliphatic rings. The Morgan fingerprint density at radius 1 is 1.35 bits per heavy atom. The lowest BCUT2D eigenvalue weighted by Gasteiger charge is -2.25. The number of oxazole rings is 1. The highest BCUT2D eigenvalue weighted by molar-refractivity contribution is 5.72. The number of aromatic nitrogens is 1. The summed E-state index contributed by atoms with van der Waals surface area (Å²) in [4.78, 5) is 6.43. The lowest BCUT2D eigenvalue weighted by Crippen LogP contribution is -2.34. The largest absolute Gasteiger partial charge is 0.439 e. The number of hydrogen-bond acceptors (Lipinski definition) is 6. The van der Waals surface area contributed by atoms with Gasteiger partial charge < -0.3 is 19.0 Å². The second-order valence-electron chi connectivity index (χ2n) is 6.07. The van der Waals surface area contributed by atoms with Crippen LogP contribution in [0.2, 0.25) is 0 Å². The fraction of sp³-hybridized carbons (Fsp3) is 0.588. The van der Waals surface area contributed by atoms with E-state index in [1.54, 1.807) is 0 Å². The molecule has 1 N–H and O–H groups in total. The van der Waals surface area contributed by atoms with Gasteiger partial charge in [0.2, 0.25) is 5.89 Å². The van der Waals surface area contributed by atoms with Crippen molar-refractivity contribution in [2.75, 3.05) is 33.4 Å². The van der Waals surface area contributed by atoms with Crippen LogP contribution in [-0.4, -0.2) is 60.6 Å². The van der Waals surface area contributed by atoms with Gasteiger partial charge in [-0.1, -0.05) is 12.1 Å². The minimum atomic E-state index is -0.521. The van der Waals surface area contributed by atoms with E-state index >= 15 is 0 Å². The average molecular weight is 320 g/mol. The standard InChI is InChI=1S/C17H24N2O4/c1-19(10-13(20)12-22-14-6-8-21-9-7-14)11-17-18-15-4-2-3-5-16(15)23-17/h2-5,13-14,20H,6-12H2,1H3. The number of rotatable bonds is 7. The van der Waals surface area contributed by atoms with Crippen molar-refractivity contribution in [3.05, 3.63) is 30.2 Å². The Labute approximate surface area is 136 Å². The van der Waals surface area contributed by atoms with Gasteiger partial charge in [-0.15, -0.1) is 0 Å². The van der Waals surface area contributed by atoms with Crippen molar-refractivity contribution in [2.24, 2.45) is 0 Å². The summed E-state index contributed by atoms with van der Waals surface area (Å²) in [5, 5.41) is 10.1. The Bertz CT molecular complexity index is 576. The van der Waals surface area contributed by atoms with Crippen LogP contribution in [0.1, 0.15) is 18.7 Å². The fourth-order valence-corrected chi connectivity index (χ4v) is 2.79. The number of likely N-dealkylation sites (N-methyl/N-ethyl adjacent to an activating group) is 1. The van der Waals surface area contributed by atoms with Crippen LogP contribution in [-0.2, 0) is 16.0 Å². The zero-order valence-corrected chi connectivity index (χ0v) is 13.5. The van der Waals surface area contributed by atoms with Gasteiger partial charge in [0.25, 0.3) is 0 Å². The topological polar surface area (TPSA) is 68.0 Å². The molecular formula is C17H24N2O4. The molecular weight excluding hydrogens is 296 g/mol. The molecule has 1 atom stereocenters. The van der Waals surface area contributed by atoms with Gasteiger partial charge in [0.15, 0.2) is 5.58 Å². The SMILES string of the molecule is CN(Cc1nc2ccccc2o1)CC(O)COC1CCOCC1. The van der Waals surface area contributed by atoms with E-state index < -0.39 is 6.10 Å². The maximum Gasteiger partial charge on any atom is 0.209 e. The fourth-order valence-electron chi connectivity index (χ4n) is 2.79. The third-order valence-corrected chi connectivity index (χ3v) is 3.96. The molecule has 1 saturated heterocycles. The quantitative estimate of drug-likeness (QED) is 0.839. The Morgan fingerprint density at radius 3 is 2.91 bits per heavy atom. The molecule has 3 rings (SSSR count).